The van der Waals surface area contributed by atoms with E-state index in [1.54, 1.807) is 0 Å². The summed E-state index contributed by atoms with van der Waals surface area (Å²) in [4.78, 5) is 19.1. The first kappa shape index (κ1) is 13.0. The van der Waals surface area contributed by atoms with Gasteiger partial charge in [-0.25, -0.2) is 14.8 Å². The normalized spacial score (nSPS) is 11.4. The van der Waals surface area contributed by atoms with Crippen LogP contribution in [0.15, 0.2) is 12.4 Å². The molecule has 0 aliphatic carbocycles. The van der Waals surface area contributed by atoms with Crippen LogP contribution >= 0.6 is 0 Å². The van der Waals surface area contributed by atoms with Crippen molar-refractivity contribution in [2.24, 2.45) is 0 Å². The SMILES string of the molecule is C#CC(CCC)Nc1cnc(C(=O)OC)cn1. The van der Waals surface area contributed by atoms with Crippen molar-refractivity contribution in [1.82, 2.24) is 9.97 Å². The molecule has 0 amide bonds. The van der Waals surface area contributed by atoms with Gasteiger partial charge in [-0.2, -0.15) is 0 Å². The monoisotopic (exact) mass is 233 g/mol. The highest BCUT2D eigenvalue weighted by atomic mass is 16.5. The van der Waals surface area contributed by atoms with Crippen molar-refractivity contribution in [3.63, 3.8) is 0 Å². The standard InChI is InChI=1S/C12H15N3O2/c1-4-6-9(5-2)15-11-8-13-10(7-14-11)12(16)17-3/h2,7-9H,4,6H2,1,3H3,(H,14,15). The largest absolute Gasteiger partial charge is 0.464 e. The summed E-state index contributed by atoms with van der Waals surface area (Å²) in [6.45, 7) is 2.05. The van der Waals surface area contributed by atoms with E-state index in [0.717, 1.165) is 12.8 Å². The molecule has 0 aliphatic heterocycles. The smallest absolute Gasteiger partial charge is 0.358 e. The molecule has 1 rings (SSSR count). The van der Waals surface area contributed by atoms with Crippen LogP contribution in [0.1, 0.15) is 30.3 Å². The number of hydrogen-bond acceptors (Lipinski definition) is 5. The van der Waals surface area contributed by atoms with Crippen molar-refractivity contribution in [2.45, 2.75) is 25.8 Å². The van der Waals surface area contributed by atoms with Crippen molar-refractivity contribution in [2.75, 3.05) is 12.4 Å². The molecule has 1 N–H and O–H groups in total. The van der Waals surface area contributed by atoms with Crippen LogP contribution in [0.2, 0.25) is 0 Å². The zero-order valence-electron chi connectivity index (χ0n) is 9.93. The molecule has 1 aromatic heterocycles. The number of hydrogen-bond donors (Lipinski definition) is 1. The van der Waals surface area contributed by atoms with Crippen molar-refractivity contribution < 1.29 is 9.53 Å². The van der Waals surface area contributed by atoms with E-state index in [2.05, 4.69) is 32.9 Å². The van der Waals surface area contributed by atoms with Crippen molar-refractivity contribution in [3.05, 3.63) is 18.1 Å². The van der Waals surface area contributed by atoms with Crippen LogP contribution in [0.3, 0.4) is 0 Å². The number of ether oxygens (including phenoxy) is 1. The Morgan fingerprint density at radius 1 is 1.59 bits per heavy atom. The zero-order valence-corrected chi connectivity index (χ0v) is 9.93. The fourth-order valence-corrected chi connectivity index (χ4v) is 1.28. The zero-order chi connectivity index (χ0) is 12.7. The Hall–Kier alpha value is -2.09. The van der Waals surface area contributed by atoms with E-state index in [1.165, 1.54) is 19.5 Å². The lowest BCUT2D eigenvalue weighted by atomic mass is 10.2. The molecule has 5 heteroatoms. The molecule has 0 aliphatic rings. The number of esters is 1. The third kappa shape index (κ3) is 3.76. The maximum atomic E-state index is 11.1. The Kier molecular flexibility index (Phi) is 4.95. The number of methoxy groups -OCH3 is 1. The second-order valence-electron chi connectivity index (χ2n) is 3.43. The van der Waals surface area contributed by atoms with Crippen molar-refractivity contribution in [3.8, 4) is 12.3 Å². The summed E-state index contributed by atoms with van der Waals surface area (Å²) in [5.41, 5.74) is 0.172. The average Bonchev–Trinajstić information content (AvgIpc) is 2.38. The Labute approximate surface area is 101 Å². The summed E-state index contributed by atoms with van der Waals surface area (Å²) >= 11 is 0. The number of rotatable bonds is 5. The lowest BCUT2D eigenvalue weighted by Crippen LogP contribution is -2.18. The van der Waals surface area contributed by atoms with Gasteiger partial charge in [-0.1, -0.05) is 19.3 Å². The third-order valence-corrected chi connectivity index (χ3v) is 2.15. The van der Waals surface area contributed by atoms with Gasteiger partial charge in [-0.3, -0.25) is 0 Å². The molecule has 0 saturated heterocycles. The highest BCUT2D eigenvalue weighted by Crippen LogP contribution is 2.06. The van der Waals surface area contributed by atoms with Crippen molar-refractivity contribution in [1.29, 1.82) is 0 Å². The minimum Gasteiger partial charge on any atom is -0.464 e. The molecular weight excluding hydrogens is 218 g/mol. The molecule has 1 heterocycles. The molecule has 0 spiro atoms. The Morgan fingerprint density at radius 3 is 2.82 bits per heavy atom. The molecule has 0 fully saturated rings. The van der Waals surface area contributed by atoms with Gasteiger partial charge in [0.15, 0.2) is 5.69 Å². The summed E-state index contributed by atoms with van der Waals surface area (Å²) in [5, 5.41) is 3.05. The summed E-state index contributed by atoms with van der Waals surface area (Å²) in [6, 6.07) is -0.0710. The van der Waals surface area contributed by atoms with Gasteiger partial charge in [-0.15, -0.1) is 6.42 Å². The highest BCUT2D eigenvalue weighted by Gasteiger charge is 2.09. The predicted molar refractivity (Wildman–Crippen MR) is 64.5 cm³/mol. The molecule has 1 aromatic rings. The first-order chi connectivity index (χ1) is 8.21. The first-order valence-corrected chi connectivity index (χ1v) is 5.34. The molecular formula is C12H15N3O2. The van der Waals surface area contributed by atoms with Crippen molar-refractivity contribution >= 4 is 11.8 Å². The second kappa shape index (κ2) is 6.48. The summed E-state index contributed by atoms with van der Waals surface area (Å²) in [6.07, 6.45) is 10.0. The van der Waals surface area contributed by atoms with E-state index in [1.807, 2.05) is 0 Å². The highest BCUT2D eigenvalue weighted by molar-refractivity contribution is 5.86. The van der Waals surface area contributed by atoms with Crippen LogP contribution in [-0.4, -0.2) is 29.1 Å². The van der Waals surface area contributed by atoms with E-state index < -0.39 is 5.97 Å². The predicted octanol–water partition coefficient (Wildman–Crippen LogP) is 1.48. The van der Waals surface area contributed by atoms with E-state index in [9.17, 15) is 4.79 Å². The lowest BCUT2D eigenvalue weighted by molar-refractivity contribution is 0.0593. The number of carbonyl (C=O) groups excluding carboxylic acids is 1. The van der Waals surface area contributed by atoms with Crippen LogP contribution in [0, 0.1) is 12.3 Å². The van der Waals surface area contributed by atoms with Gasteiger partial charge in [0.2, 0.25) is 0 Å². The van der Waals surface area contributed by atoms with Gasteiger partial charge in [-0.05, 0) is 6.42 Å². The van der Waals surface area contributed by atoms with Crippen LogP contribution in [0.25, 0.3) is 0 Å². The molecule has 0 saturated carbocycles. The fourth-order valence-electron chi connectivity index (χ4n) is 1.28. The molecule has 5 nitrogen and oxygen atoms in total. The molecule has 0 aromatic carbocycles. The van der Waals surface area contributed by atoms with Crippen LogP contribution in [-0.2, 0) is 4.74 Å². The minimum absolute atomic E-state index is 0.0710. The van der Waals surface area contributed by atoms with Gasteiger partial charge in [0.1, 0.15) is 5.82 Å². The van der Waals surface area contributed by atoms with Gasteiger partial charge in [0.05, 0.1) is 25.5 Å². The van der Waals surface area contributed by atoms with E-state index in [4.69, 9.17) is 6.42 Å². The lowest BCUT2D eigenvalue weighted by Gasteiger charge is -2.12. The number of anilines is 1. The quantitative estimate of drug-likeness (QED) is 0.616. The Morgan fingerprint density at radius 2 is 2.35 bits per heavy atom. The average molecular weight is 233 g/mol. The molecule has 90 valence electrons. The maximum Gasteiger partial charge on any atom is 0.358 e. The first-order valence-electron chi connectivity index (χ1n) is 5.34. The molecule has 1 atom stereocenters. The maximum absolute atomic E-state index is 11.1. The summed E-state index contributed by atoms with van der Waals surface area (Å²) < 4.78 is 4.52. The number of carbonyl (C=O) groups is 1. The van der Waals surface area contributed by atoms with Gasteiger partial charge >= 0.3 is 5.97 Å². The van der Waals surface area contributed by atoms with E-state index in [-0.39, 0.29) is 11.7 Å². The second-order valence-corrected chi connectivity index (χ2v) is 3.43. The van der Waals surface area contributed by atoms with Gasteiger partial charge in [0, 0.05) is 0 Å². The number of terminal acetylenes is 1. The number of aromatic nitrogens is 2. The molecule has 0 radical (unpaired) electrons. The Bertz CT molecular complexity index is 409. The fraction of sp³-hybridized carbons (Fsp3) is 0.417. The van der Waals surface area contributed by atoms with Crippen LogP contribution < -0.4 is 5.32 Å². The van der Waals surface area contributed by atoms with E-state index >= 15 is 0 Å². The van der Waals surface area contributed by atoms with Gasteiger partial charge < -0.3 is 10.1 Å². The summed E-state index contributed by atoms with van der Waals surface area (Å²) in [5.74, 6) is 2.67. The number of nitrogens with one attached hydrogen (secondary N) is 1. The minimum atomic E-state index is -0.508. The number of nitrogens with zero attached hydrogens (tertiary/aromatic N) is 2. The molecule has 17 heavy (non-hydrogen) atoms. The molecule has 1 unspecified atom stereocenters. The van der Waals surface area contributed by atoms with Crippen LogP contribution in [0.5, 0.6) is 0 Å². The third-order valence-electron chi connectivity index (χ3n) is 2.15. The molecule has 0 bridgehead atoms. The Balaban J connectivity index is 2.68. The topological polar surface area (TPSA) is 64.1 Å². The van der Waals surface area contributed by atoms with Gasteiger partial charge in [0.25, 0.3) is 0 Å². The summed E-state index contributed by atoms with van der Waals surface area (Å²) in [7, 11) is 1.30. The van der Waals surface area contributed by atoms with Crippen LogP contribution in [0.4, 0.5) is 5.82 Å². The van der Waals surface area contributed by atoms with E-state index in [0.29, 0.717) is 5.82 Å².